The SMILES string of the molecule is CC1CC(C)(CN2CCC(N)C(C)(C)C2)C[C@]2(C)C[C@@](c3ccccc3)(C1)C2. The van der Waals surface area contributed by atoms with E-state index in [2.05, 4.69) is 69.9 Å². The van der Waals surface area contributed by atoms with Crippen molar-refractivity contribution in [3.05, 3.63) is 35.9 Å². The molecule has 3 atom stereocenters. The molecular weight excluding hydrogens is 340 g/mol. The van der Waals surface area contributed by atoms with Gasteiger partial charge in [-0.2, -0.15) is 0 Å². The van der Waals surface area contributed by atoms with E-state index in [1.54, 1.807) is 5.56 Å². The number of hydrogen-bond acceptors (Lipinski definition) is 2. The molecule has 0 radical (unpaired) electrons. The van der Waals surface area contributed by atoms with E-state index >= 15 is 0 Å². The second kappa shape index (κ2) is 6.84. The lowest BCUT2D eigenvalue weighted by Crippen LogP contribution is -2.57. The molecule has 28 heavy (non-hydrogen) atoms. The second-order valence-electron chi connectivity index (χ2n) is 12.4. The number of likely N-dealkylation sites (tertiary alicyclic amines) is 1. The number of fused-ring (bicyclic) bond motifs is 4. The highest BCUT2D eigenvalue weighted by Crippen LogP contribution is 2.64. The van der Waals surface area contributed by atoms with Crippen molar-refractivity contribution >= 4 is 0 Å². The van der Waals surface area contributed by atoms with Crippen molar-refractivity contribution in [2.24, 2.45) is 27.9 Å². The molecule has 156 valence electrons. The van der Waals surface area contributed by atoms with Gasteiger partial charge in [0.2, 0.25) is 0 Å². The summed E-state index contributed by atoms with van der Waals surface area (Å²) in [5.41, 5.74) is 9.61. The van der Waals surface area contributed by atoms with Crippen LogP contribution in [0.15, 0.2) is 30.3 Å². The number of nitrogens with zero attached hydrogens (tertiary/aromatic N) is 1. The normalized spacial score (nSPS) is 43.6. The molecule has 4 aliphatic rings. The summed E-state index contributed by atoms with van der Waals surface area (Å²) in [6.45, 7) is 16.0. The molecule has 2 heteroatoms. The number of piperidine rings is 1. The van der Waals surface area contributed by atoms with Crippen LogP contribution in [0.2, 0.25) is 0 Å². The minimum absolute atomic E-state index is 0.241. The third-order valence-electron chi connectivity index (χ3n) is 8.35. The van der Waals surface area contributed by atoms with Crippen LogP contribution < -0.4 is 5.73 Å². The molecule has 0 aromatic heterocycles. The minimum atomic E-state index is 0.241. The summed E-state index contributed by atoms with van der Waals surface area (Å²) >= 11 is 0. The highest BCUT2D eigenvalue weighted by Gasteiger charge is 2.57. The van der Waals surface area contributed by atoms with E-state index in [0.29, 0.717) is 22.3 Å². The van der Waals surface area contributed by atoms with Crippen LogP contribution in [0.1, 0.15) is 78.7 Å². The van der Waals surface area contributed by atoms with Gasteiger partial charge in [-0.25, -0.2) is 0 Å². The summed E-state index contributed by atoms with van der Waals surface area (Å²) in [6, 6.07) is 11.7. The average Bonchev–Trinajstić information content (AvgIpc) is 2.55. The zero-order chi connectivity index (χ0) is 20.2. The van der Waals surface area contributed by atoms with Gasteiger partial charge in [-0.05, 0) is 78.2 Å². The molecule has 3 aliphatic carbocycles. The van der Waals surface area contributed by atoms with Gasteiger partial charge in [0.15, 0.2) is 0 Å². The van der Waals surface area contributed by atoms with Crippen molar-refractivity contribution < 1.29 is 0 Å². The fraction of sp³-hybridized carbons (Fsp3) is 0.769. The number of nitrogens with two attached hydrogens (primary N) is 1. The van der Waals surface area contributed by atoms with Crippen molar-refractivity contribution in [2.45, 2.75) is 84.6 Å². The first-order chi connectivity index (χ1) is 13.0. The third-order valence-corrected chi connectivity index (χ3v) is 8.35. The Balaban J connectivity index is 1.50. The highest BCUT2D eigenvalue weighted by atomic mass is 15.2. The van der Waals surface area contributed by atoms with E-state index in [4.69, 9.17) is 5.73 Å². The molecule has 0 amide bonds. The van der Waals surface area contributed by atoms with Gasteiger partial charge in [0, 0.05) is 19.1 Å². The Labute approximate surface area is 173 Å². The van der Waals surface area contributed by atoms with Crippen LogP contribution in [0.5, 0.6) is 0 Å². The number of hydrogen-bond donors (Lipinski definition) is 1. The molecule has 3 saturated carbocycles. The zero-order valence-corrected chi connectivity index (χ0v) is 18.9. The first-order valence-electron chi connectivity index (χ1n) is 11.6. The van der Waals surface area contributed by atoms with Crippen LogP contribution >= 0.6 is 0 Å². The van der Waals surface area contributed by atoms with Gasteiger partial charge in [-0.1, -0.05) is 65.0 Å². The van der Waals surface area contributed by atoms with E-state index in [-0.39, 0.29) is 5.41 Å². The van der Waals surface area contributed by atoms with E-state index in [1.165, 1.54) is 45.2 Å². The van der Waals surface area contributed by atoms with E-state index in [1.807, 2.05) is 0 Å². The molecule has 2 bridgehead atoms. The van der Waals surface area contributed by atoms with Crippen LogP contribution in [-0.4, -0.2) is 30.6 Å². The molecule has 0 spiro atoms. The Morgan fingerprint density at radius 3 is 2.32 bits per heavy atom. The largest absolute Gasteiger partial charge is 0.327 e. The van der Waals surface area contributed by atoms with Crippen molar-refractivity contribution in [2.75, 3.05) is 19.6 Å². The molecule has 1 saturated heterocycles. The van der Waals surface area contributed by atoms with Gasteiger partial charge in [-0.3, -0.25) is 0 Å². The van der Waals surface area contributed by atoms with Crippen molar-refractivity contribution in [3.63, 3.8) is 0 Å². The standard InChI is InChI=1S/C26H42N2/c1-20-13-24(4,19-28-12-11-22(27)23(2,3)18-28)15-25(5)16-26(14-20,17-25)21-9-7-6-8-10-21/h6-10,20,22H,11-19,27H2,1-5H3/t20?,22?,24?,25-,26+. The second-order valence-corrected chi connectivity index (χ2v) is 12.4. The maximum atomic E-state index is 6.40. The van der Waals surface area contributed by atoms with Gasteiger partial charge >= 0.3 is 0 Å². The quantitative estimate of drug-likeness (QED) is 0.736. The summed E-state index contributed by atoms with van der Waals surface area (Å²) in [5.74, 6) is 0.787. The lowest BCUT2D eigenvalue weighted by atomic mass is 9.43. The maximum Gasteiger partial charge on any atom is 0.0115 e. The van der Waals surface area contributed by atoms with Gasteiger partial charge in [-0.15, -0.1) is 0 Å². The monoisotopic (exact) mass is 382 g/mol. The van der Waals surface area contributed by atoms with E-state index in [0.717, 1.165) is 18.9 Å². The first kappa shape index (κ1) is 20.4. The van der Waals surface area contributed by atoms with Crippen LogP contribution in [0.3, 0.4) is 0 Å². The smallest absolute Gasteiger partial charge is 0.0115 e. The molecule has 1 heterocycles. The topological polar surface area (TPSA) is 29.3 Å². The molecule has 2 N–H and O–H groups in total. The maximum absolute atomic E-state index is 6.40. The average molecular weight is 383 g/mol. The number of rotatable bonds is 3. The molecule has 1 aliphatic heterocycles. The molecule has 1 aromatic carbocycles. The Kier molecular flexibility index (Phi) is 4.99. The summed E-state index contributed by atoms with van der Waals surface area (Å²) in [4.78, 5) is 2.74. The Morgan fingerprint density at radius 2 is 1.68 bits per heavy atom. The third kappa shape index (κ3) is 3.79. The number of benzene rings is 1. The van der Waals surface area contributed by atoms with Crippen LogP contribution in [0.4, 0.5) is 0 Å². The summed E-state index contributed by atoms with van der Waals surface area (Å²) in [5, 5.41) is 0. The molecule has 5 rings (SSSR count). The predicted octanol–water partition coefficient (Wildman–Crippen LogP) is 5.61. The van der Waals surface area contributed by atoms with Gasteiger partial charge < -0.3 is 10.6 Å². The molecule has 3 unspecified atom stereocenters. The Bertz CT molecular complexity index is 682. The highest BCUT2D eigenvalue weighted by molar-refractivity contribution is 5.31. The van der Waals surface area contributed by atoms with Crippen molar-refractivity contribution in [3.8, 4) is 0 Å². The lowest BCUT2D eigenvalue weighted by molar-refractivity contribution is -0.0645. The van der Waals surface area contributed by atoms with Gasteiger partial charge in [0.25, 0.3) is 0 Å². The fourth-order valence-electron chi connectivity index (χ4n) is 7.93. The minimum Gasteiger partial charge on any atom is -0.327 e. The first-order valence-corrected chi connectivity index (χ1v) is 11.6. The zero-order valence-electron chi connectivity index (χ0n) is 18.9. The van der Waals surface area contributed by atoms with Gasteiger partial charge in [0.05, 0.1) is 0 Å². The molecule has 2 nitrogen and oxygen atoms in total. The van der Waals surface area contributed by atoms with Crippen LogP contribution in [0, 0.1) is 22.2 Å². The van der Waals surface area contributed by atoms with E-state index in [9.17, 15) is 0 Å². The van der Waals surface area contributed by atoms with E-state index < -0.39 is 0 Å². The lowest BCUT2D eigenvalue weighted by Gasteiger charge is -2.62. The van der Waals surface area contributed by atoms with Crippen molar-refractivity contribution in [1.29, 1.82) is 0 Å². The summed E-state index contributed by atoms with van der Waals surface area (Å²) in [7, 11) is 0. The Hall–Kier alpha value is -0.860. The van der Waals surface area contributed by atoms with Crippen molar-refractivity contribution in [1.82, 2.24) is 4.90 Å². The fourth-order valence-corrected chi connectivity index (χ4v) is 7.93. The summed E-state index contributed by atoms with van der Waals surface area (Å²) in [6.07, 6.45) is 7.99. The molecular formula is C26H42N2. The predicted molar refractivity (Wildman–Crippen MR) is 119 cm³/mol. The molecule has 4 fully saturated rings. The summed E-state index contributed by atoms with van der Waals surface area (Å²) < 4.78 is 0. The van der Waals surface area contributed by atoms with Crippen LogP contribution in [0.25, 0.3) is 0 Å². The van der Waals surface area contributed by atoms with Gasteiger partial charge in [0.1, 0.15) is 0 Å². The molecule has 1 aromatic rings. The van der Waals surface area contributed by atoms with Crippen LogP contribution in [-0.2, 0) is 5.41 Å². The Morgan fingerprint density at radius 1 is 1.00 bits per heavy atom.